The molecule has 0 fully saturated rings. The third-order valence-electron chi connectivity index (χ3n) is 2.54. The van der Waals surface area contributed by atoms with Crippen LogP contribution < -0.4 is 0 Å². The van der Waals surface area contributed by atoms with Crippen molar-refractivity contribution in [2.75, 3.05) is 7.11 Å². The minimum absolute atomic E-state index is 0.107. The quantitative estimate of drug-likeness (QED) is 0.688. The van der Waals surface area contributed by atoms with Gasteiger partial charge in [-0.05, 0) is 32.6 Å². The lowest BCUT2D eigenvalue weighted by Gasteiger charge is -2.15. The van der Waals surface area contributed by atoms with Crippen LogP contribution in [0.4, 0.5) is 0 Å². The van der Waals surface area contributed by atoms with Gasteiger partial charge in [0.05, 0.1) is 13.5 Å². The van der Waals surface area contributed by atoms with Crippen LogP contribution in [0.2, 0.25) is 0 Å². The Labute approximate surface area is 95.6 Å². The Kier molecular flexibility index (Phi) is 5.02. The third-order valence-corrected chi connectivity index (χ3v) is 2.54. The van der Waals surface area contributed by atoms with E-state index in [2.05, 4.69) is 4.74 Å². The van der Waals surface area contributed by atoms with Crippen LogP contribution in [0.25, 0.3) is 0 Å². The Bertz CT molecular complexity index is 293. The summed E-state index contributed by atoms with van der Waals surface area (Å²) >= 11 is 0. The summed E-state index contributed by atoms with van der Waals surface area (Å²) in [5.41, 5.74) is 0.739. The molecule has 90 valence electrons. The Morgan fingerprint density at radius 2 is 2.19 bits per heavy atom. The predicted molar refractivity (Wildman–Crippen MR) is 58.7 cm³/mol. The molecule has 1 aliphatic carbocycles. The van der Waals surface area contributed by atoms with E-state index in [-0.39, 0.29) is 18.4 Å². The van der Waals surface area contributed by atoms with E-state index in [1.54, 1.807) is 6.92 Å². The number of esters is 2. The lowest BCUT2D eigenvalue weighted by atomic mass is 10.00. The number of carbonyl (C=O) groups is 2. The van der Waals surface area contributed by atoms with Crippen molar-refractivity contribution in [3.63, 3.8) is 0 Å². The molecular formula is C12H18O4. The van der Waals surface area contributed by atoms with Gasteiger partial charge in [0.1, 0.15) is 6.10 Å². The molecule has 0 unspecified atom stereocenters. The largest absolute Gasteiger partial charge is 0.469 e. The van der Waals surface area contributed by atoms with E-state index < -0.39 is 6.10 Å². The van der Waals surface area contributed by atoms with Crippen LogP contribution in [0.5, 0.6) is 0 Å². The molecule has 0 amide bonds. The molecule has 0 aromatic heterocycles. The molecule has 0 aromatic rings. The topological polar surface area (TPSA) is 52.6 Å². The third kappa shape index (κ3) is 4.04. The summed E-state index contributed by atoms with van der Waals surface area (Å²) in [4.78, 5) is 22.6. The molecular weight excluding hydrogens is 208 g/mol. The van der Waals surface area contributed by atoms with Crippen molar-refractivity contribution in [2.45, 2.75) is 45.1 Å². The first-order chi connectivity index (χ1) is 7.63. The molecule has 0 spiro atoms. The Morgan fingerprint density at radius 3 is 2.75 bits per heavy atom. The molecule has 0 heterocycles. The van der Waals surface area contributed by atoms with E-state index in [4.69, 9.17) is 4.74 Å². The zero-order valence-electron chi connectivity index (χ0n) is 9.82. The molecule has 0 aromatic carbocycles. The van der Waals surface area contributed by atoms with Crippen molar-refractivity contribution in [2.24, 2.45) is 0 Å². The average Bonchev–Trinajstić information content (AvgIpc) is 2.29. The highest BCUT2D eigenvalue weighted by atomic mass is 16.6. The number of hydrogen-bond acceptors (Lipinski definition) is 4. The van der Waals surface area contributed by atoms with Gasteiger partial charge in [-0.1, -0.05) is 6.08 Å². The summed E-state index contributed by atoms with van der Waals surface area (Å²) in [7, 11) is 1.32. The van der Waals surface area contributed by atoms with Crippen molar-refractivity contribution in [1.82, 2.24) is 0 Å². The molecule has 0 bridgehead atoms. The average molecular weight is 226 g/mol. The Balaban J connectivity index is 2.38. The lowest BCUT2D eigenvalue weighted by Crippen LogP contribution is -2.21. The first-order valence-corrected chi connectivity index (χ1v) is 5.60. The van der Waals surface area contributed by atoms with Gasteiger partial charge in [-0.2, -0.15) is 0 Å². The zero-order chi connectivity index (χ0) is 12.0. The summed E-state index contributed by atoms with van der Waals surface area (Å²) in [6.45, 7) is 1.69. The summed E-state index contributed by atoms with van der Waals surface area (Å²) in [6.07, 6.45) is 5.50. The number of hydrogen-bond donors (Lipinski definition) is 0. The van der Waals surface area contributed by atoms with Gasteiger partial charge in [0.2, 0.25) is 0 Å². The molecule has 1 rings (SSSR count). The second kappa shape index (κ2) is 6.30. The van der Waals surface area contributed by atoms with Crippen LogP contribution in [0.15, 0.2) is 11.6 Å². The van der Waals surface area contributed by atoms with Crippen molar-refractivity contribution >= 4 is 11.9 Å². The molecule has 1 atom stereocenters. The number of carbonyl (C=O) groups excluding carboxylic acids is 2. The monoisotopic (exact) mass is 226 g/mol. The first kappa shape index (κ1) is 12.7. The Morgan fingerprint density at radius 1 is 1.44 bits per heavy atom. The van der Waals surface area contributed by atoms with Crippen LogP contribution in [-0.4, -0.2) is 25.2 Å². The SMILES string of the molecule is COC(=O)C[C@@H](C)OC(=O)C1=CCCCC1. The normalized spacial score (nSPS) is 17.2. The van der Waals surface area contributed by atoms with E-state index in [1.165, 1.54) is 7.11 Å². The number of allylic oxidation sites excluding steroid dienone is 1. The number of methoxy groups -OCH3 is 1. The summed E-state index contributed by atoms with van der Waals surface area (Å²) < 4.78 is 9.66. The van der Waals surface area contributed by atoms with Gasteiger partial charge in [-0.15, -0.1) is 0 Å². The van der Waals surface area contributed by atoms with E-state index >= 15 is 0 Å². The van der Waals surface area contributed by atoms with Crippen molar-refractivity contribution in [3.05, 3.63) is 11.6 Å². The van der Waals surface area contributed by atoms with Crippen molar-refractivity contribution in [3.8, 4) is 0 Å². The van der Waals surface area contributed by atoms with E-state index in [1.807, 2.05) is 6.08 Å². The first-order valence-electron chi connectivity index (χ1n) is 5.60. The van der Waals surface area contributed by atoms with Crippen LogP contribution in [0.1, 0.15) is 39.0 Å². The van der Waals surface area contributed by atoms with Gasteiger partial charge < -0.3 is 9.47 Å². The molecule has 1 aliphatic rings. The maximum absolute atomic E-state index is 11.6. The molecule has 0 aliphatic heterocycles. The fourth-order valence-corrected chi connectivity index (χ4v) is 1.64. The molecule has 4 nitrogen and oxygen atoms in total. The summed E-state index contributed by atoms with van der Waals surface area (Å²) in [6, 6.07) is 0. The molecule has 0 saturated carbocycles. The highest BCUT2D eigenvalue weighted by Crippen LogP contribution is 2.19. The second-order valence-electron chi connectivity index (χ2n) is 3.97. The van der Waals surface area contributed by atoms with Gasteiger partial charge in [-0.3, -0.25) is 4.79 Å². The lowest BCUT2D eigenvalue weighted by molar-refractivity contribution is -0.150. The summed E-state index contributed by atoms with van der Waals surface area (Å²) in [5.74, 6) is -0.658. The maximum atomic E-state index is 11.6. The van der Waals surface area contributed by atoms with Crippen LogP contribution in [-0.2, 0) is 19.1 Å². The number of ether oxygens (including phenoxy) is 2. The Hall–Kier alpha value is -1.32. The van der Waals surface area contributed by atoms with Crippen LogP contribution in [0.3, 0.4) is 0 Å². The summed E-state index contributed by atoms with van der Waals surface area (Å²) in [5, 5.41) is 0. The number of rotatable bonds is 4. The fraction of sp³-hybridized carbons (Fsp3) is 0.667. The van der Waals surface area contributed by atoms with Crippen molar-refractivity contribution in [1.29, 1.82) is 0 Å². The second-order valence-corrected chi connectivity index (χ2v) is 3.97. The minimum Gasteiger partial charge on any atom is -0.469 e. The van der Waals surface area contributed by atoms with Crippen LogP contribution in [0, 0.1) is 0 Å². The van der Waals surface area contributed by atoms with E-state index in [0.717, 1.165) is 31.3 Å². The smallest absolute Gasteiger partial charge is 0.333 e. The maximum Gasteiger partial charge on any atom is 0.333 e. The van der Waals surface area contributed by atoms with Crippen LogP contribution >= 0.6 is 0 Å². The molecule has 0 radical (unpaired) electrons. The molecule has 4 heteroatoms. The van der Waals surface area contributed by atoms with Gasteiger partial charge in [-0.25, -0.2) is 4.79 Å². The van der Waals surface area contributed by atoms with E-state index in [9.17, 15) is 9.59 Å². The highest BCUT2D eigenvalue weighted by molar-refractivity contribution is 5.88. The zero-order valence-corrected chi connectivity index (χ0v) is 9.82. The van der Waals surface area contributed by atoms with Gasteiger partial charge in [0.25, 0.3) is 0 Å². The van der Waals surface area contributed by atoms with E-state index in [0.29, 0.717) is 0 Å². The molecule has 0 N–H and O–H groups in total. The minimum atomic E-state index is -0.428. The predicted octanol–water partition coefficient (Wildman–Crippen LogP) is 1.98. The fourth-order valence-electron chi connectivity index (χ4n) is 1.64. The van der Waals surface area contributed by atoms with Crippen molar-refractivity contribution < 1.29 is 19.1 Å². The molecule has 16 heavy (non-hydrogen) atoms. The van der Waals surface area contributed by atoms with Gasteiger partial charge in [0, 0.05) is 5.57 Å². The van der Waals surface area contributed by atoms with Gasteiger partial charge in [0.15, 0.2) is 0 Å². The standard InChI is InChI=1S/C12H18O4/c1-9(8-11(13)15-2)16-12(14)10-6-4-3-5-7-10/h6,9H,3-5,7-8H2,1-2H3/t9-/m1/s1. The highest BCUT2D eigenvalue weighted by Gasteiger charge is 2.18. The molecule has 0 saturated heterocycles. The van der Waals surface area contributed by atoms with Gasteiger partial charge >= 0.3 is 11.9 Å².